The first-order valence-electron chi connectivity index (χ1n) is 10.9. The quantitative estimate of drug-likeness (QED) is 0.557. The van der Waals surface area contributed by atoms with Crippen LogP contribution in [0.15, 0.2) is 28.9 Å². The molecule has 0 bridgehead atoms. The maximum Gasteiger partial charge on any atom is 0.573 e. The van der Waals surface area contributed by atoms with E-state index in [4.69, 9.17) is 10.3 Å². The normalized spacial score (nSPS) is 15.9. The van der Waals surface area contributed by atoms with Crippen LogP contribution in [0.2, 0.25) is 0 Å². The molecule has 0 atom stereocenters. The number of halogens is 3. The molecule has 1 fully saturated rings. The molecule has 184 valence electrons. The number of hydrogen-bond donors (Lipinski definition) is 2. The molecule has 1 aromatic carbocycles. The molecule has 1 aliphatic heterocycles. The fourth-order valence-corrected chi connectivity index (χ4v) is 4.24. The molecule has 2 aromatic heterocycles. The van der Waals surface area contributed by atoms with Gasteiger partial charge in [-0.25, -0.2) is 9.97 Å². The van der Waals surface area contributed by atoms with E-state index in [1.807, 2.05) is 11.9 Å². The van der Waals surface area contributed by atoms with E-state index in [1.165, 1.54) is 12.1 Å². The molecular weight excluding hydrogens is 467 g/mol. The Bertz CT molecular complexity index is 1270. The van der Waals surface area contributed by atoms with Gasteiger partial charge in [0.1, 0.15) is 11.4 Å². The summed E-state index contributed by atoms with van der Waals surface area (Å²) in [5.41, 5.74) is 8.12. The van der Waals surface area contributed by atoms with Crippen LogP contribution in [0.25, 0.3) is 11.4 Å². The van der Waals surface area contributed by atoms with E-state index in [0.717, 1.165) is 18.7 Å². The van der Waals surface area contributed by atoms with Crippen molar-refractivity contribution in [1.82, 2.24) is 20.0 Å². The fraction of sp³-hybridized carbons (Fsp3) is 0.364. The smallest absolute Gasteiger partial charge is 0.403 e. The van der Waals surface area contributed by atoms with Crippen LogP contribution in [0.1, 0.15) is 21.7 Å². The minimum atomic E-state index is -4.88. The van der Waals surface area contributed by atoms with Crippen molar-refractivity contribution in [2.45, 2.75) is 19.2 Å². The molecule has 3 aromatic rings. The van der Waals surface area contributed by atoms with Gasteiger partial charge in [-0.2, -0.15) is 0 Å². The van der Waals surface area contributed by atoms with E-state index < -0.39 is 18.0 Å². The average molecular weight is 489 g/mol. The number of carbonyl (C=O) groups is 1. The number of anilines is 3. The van der Waals surface area contributed by atoms with E-state index in [1.54, 1.807) is 12.3 Å². The third-order valence-electron chi connectivity index (χ3n) is 6.05. The Hall–Kier alpha value is -3.87. The molecule has 5 rings (SSSR count). The summed E-state index contributed by atoms with van der Waals surface area (Å²) in [6.07, 6.45) is -2.30. The van der Waals surface area contributed by atoms with E-state index in [0.29, 0.717) is 48.6 Å². The third kappa shape index (κ3) is 4.71. The monoisotopic (exact) mass is 489 g/mol. The predicted molar refractivity (Wildman–Crippen MR) is 120 cm³/mol. The van der Waals surface area contributed by atoms with Crippen LogP contribution < -0.4 is 20.7 Å². The van der Waals surface area contributed by atoms with Gasteiger partial charge >= 0.3 is 6.36 Å². The van der Waals surface area contributed by atoms with Gasteiger partial charge in [0.05, 0.1) is 5.69 Å². The molecule has 1 aliphatic carbocycles. The van der Waals surface area contributed by atoms with Crippen molar-refractivity contribution in [3.8, 4) is 17.1 Å². The molecular formula is C22H22F3N7O3. The molecule has 35 heavy (non-hydrogen) atoms. The van der Waals surface area contributed by atoms with Crippen molar-refractivity contribution >= 4 is 23.2 Å². The molecule has 0 saturated carbocycles. The lowest BCUT2D eigenvalue weighted by atomic mass is 9.93. The number of nitrogens with zero attached hydrogens (tertiary/aromatic N) is 5. The van der Waals surface area contributed by atoms with Crippen LogP contribution in [-0.4, -0.2) is 65.5 Å². The maximum atomic E-state index is 13.2. The number of aryl methyl sites for hydroxylation is 1. The van der Waals surface area contributed by atoms with E-state index in [-0.39, 0.29) is 17.4 Å². The number of benzene rings is 1. The maximum absolute atomic E-state index is 13.2. The number of amides is 1. The standard InChI is InChI=1S/C22H22F3N7O3/c1-31-6-8-32(9-7-31)13-3-5-15(16(10-13)34-22(23,24)25)28-21-27-11-12-2-4-14-18(17(12)29-21)30-35-19(14)20(26)33/h3,5,10-11H,2,4,6-9H2,1H3,(H2,26,33)(H,27,28,29). The number of likely N-dealkylation sites (N-methyl/N-ethyl adjacent to an activating group) is 1. The zero-order valence-corrected chi connectivity index (χ0v) is 18.7. The van der Waals surface area contributed by atoms with Crippen molar-refractivity contribution in [3.05, 3.63) is 41.3 Å². The van der Waals surface area contributed by atoms with E-state index >= 15 is 0 Å². The first kappa shape index (κ1) is 22.9. The number of aromatic nitrogens is 3. The summed E-state index contributed by atoms with van der Waals surface area (Å²) < 4.78 is 49.0. The van der Waals surface area contributed by atoms with Crippen molar-refractivity contribution < 1.29 is 27.2 Å². The topological polar surface area (TPSA) is 123 Å². The number of primary amides is 1. The van der Waals surface area contributed by atoms with Crippen molar-refractivity contribution in [1.29, 1.82) is 0 Å². The fourth-order valence-electron chi connectivity index (χ4n) is 4.24. The van der Waals surface area contributed by atoms with Crippen LogP contribution in [0, 0.1) is 0 Å². The Morgan fingerprint density at radius 1 is 1.17 bits per heavy atom. The van der Waals surface area contributed by atoms with Crippen LogP contribution >= 0.6 is 0 Å². The summed E-state index contributed by atoms with van der Waals surface area (Å²) in [7, 11) is 2.00. The highest BCUT2D eigenvalue weighted by Crippen LogP contribution is 2.37. The van der Waals surface area contributed by atoms with Gasteiger partial charge < -0.3 is 30.1 Å². The molecule has 0 spiro atoms. The molecule has 3 heterocycles. The molecule has 0 radical (unpaired) electrons. The number of alkyl halides is 3. The van der Waals surface area contributed by atoms with Crippen LogP contribution in [0.5, 0.6) is 5.75 Å². The lowest BCUT2D eigenvalue weighted by Gasteiger charge is -2.34. The average Bonchev–Trinajstić information content (AvgIpc) is 3.25. The minimum Gasteiger partial charge on any atom is -0.403 e. The van der Waals surface area contributed by atoms with Gasteiger partial charge in [0.25, 0.3) is 5.91 Å². The van der Waals surface area contributed by atoms with Crippen molar-refractivity contribution in [2.24, 2.45) is 5.73 Å². The summed E-state index contributed by atoms with van der Waals surface area (Å²) in [6.45, 7) is 2.99. The zero-order chi connectivity index (χ0) is 24.7. The Morgan fingerprint density at radius 2 is 1.94 bits per heavy atom. The number of nitrogens with two attached hydrogens (primary N) is 1. The molecule has 0 unspecified atom stereocenters. The number of piperazine rings is 1. The first-order chi connectivity index (χ1) is 16.7. The second-order valence-electron chi connectivity index (χ2n) is 8.41. The largest absolute Gasteiger partial charge is 0.573 e. The molecule has 10 nitrogen and oxygen atoms in total. The number of hydrogen-bond acceptors (Lipinski definition) is 9. The molecule has 2 aliphatic rings. The van der Waals surface area contributed by atoms with Crippen LogP contribution in [0.3, 0.4) is 0 Å². The number of fused-ring (bicyclic) bond motifs is 3. The van der Waals surface area contributed by atoms with Crippen molar-refractivity contribution in [3.63, 3.8) is 0 Å². The highest BCUT2D eigenvalue weighted by atomic mass is 19.4. The van der Waals surface area contributed by atoms with E-state index in [9.17, 15) is 18.0 Å². The second-order valence-corrected chi connectivity index (χ2v) is 8.41. The molecule has 3 N–H and O–H groups in total. The number of ether oxygens (including phenoxy) is 1. The summed E-state index contributed by atoms with van der Waals surface area (Å²) >= 11 is 0. The molecule has 1 saturated heterocycles. The third-order valence-corrected chi connectivity index (χ3v) is 6.05. The van der Waals surface area contributed by atoms with E-state index in [2.05, 4.69) is 30.1 Å². The van der Waals surface area contributed by atoms with Gasteiger partial charge in [-0.1, -0.05) is 5.16 Å². The Kier molecular flexibility index (Phi) is 5.71. The van der Waals surface area contributed by atoms with Gasteiger partial charge in [-0.15, -0.1) is 13.2 Å². The highest BCUT2D eigenvalue weighted by Gasteiger charge is 2.33. The Morgan fingerprint density at radius 3 is 2.66 bits per heavy atom. The highest BCUT2D eigenvalue weighted by molar-refractivity contribution is 5.93. The number of rotatable bonds is 5. The van der Waals surface area contributed by atoms with Gasteiger partial charge in [0.2, 0.25) is 11.7 Å². The Labute approximate surface area is 197 Å². The zero-order valence-electron chi connectivity index (χ0n) is 18.7. The Balaban J connectivity index is 1.46. The minimum absolute atomic E-state index is 0.0286. The summed E-state index contributed by atoms with van der Waals surface area (Å²) in [4.78, 5) is 24.4. The summed E-state index contributed by atoms with van der Waals surface area (Å²) in [6, 6.07) is 4.59. The molecule has 13 heteroatoms. The van der Waals surface area contributed by atoms with Crippen molar-refractivity contribution in [2.75, 3.05) is 43.4 Å². The molecule has 1 amide bonds. The second kappa shape index (κ2) is 8.73. The summed E-state index contributed by atoms with van der Waals surface area (Å²) in [5, 5.41) is 6.74. The number of carbonyl (C=O) groups excluding carboxylic acids is 1. The number of nitrogens with one attached hydrogen (secondary N) is 1. The lowest BCUT2D eigenvalue weighted by Crippen LogP contribution is -2.44. The van der Waals surface area contributed by atoms with Crippen LogP contribution in [-0.2, 0) is 12.8 Å². The van der Waals surface area contributed by atoms with Gasteiger partial charge in [-0.05, 0) is 37.6 Å². The predicted octanol–water partition coefficient (Wildman–Crippen LogP) is 2.72. The van der Waals surface area contributed by atoms with Gasteiger partial charge in [-0.3, -0.25) is 4.79 Å². The van der Waals surface area contributed by atoms with Gasteiger partial charge in [0.15, 0.2) is 5.75 Å². The summed E-state index contributed by atoms with van der Waals surface area (Å²) in [5.74, 6) is -1.11. The lowest BCUT2D eigenvalue weighted by molar-refractivity contribution is -0.274. The van der Waals surface area contributed by atoms with Gasteiger partial charge in [0, 0.05) is 49.7 Å². The first-order valence-corrected chi connectivity index (χ1v) is 10.9. The SMILES string of the molecule is CN1CCN(c2ccc(Nc3ncc4c(n3)-c3noc(C(N)=O)c3CC4)c(OC(F)(F)F)c2)CC1. The van der Waals surface area contributed by atoms with Crippen LogP contribution in [0.4, 0.5) is 30.5 Å².